The molecule has 0 saturated heterocycles. The maximum Gasteiger partial charge on any atom is -0.00298 e. The van der Waals surface area contributed by atoms with Crippen LogP contribution in [0.15, 0.2) is 85.0 Å². The van der Waals surface area contributed by atoms with Crippen molar-refractivity contribution in [2.45, 2.75) is 27.7 Å². The van der Waals surface area contributed by atoms with Crippen LogP contribution < -0.4 is 0 Å². The minimum absolute atomic E-state index is 1.26. The molecule has 3 rings (SSSR count). The Bertz CT molecular complexity index is 913. The smallest absolute Gasteiger partial charge is 0.00298 e. The zero-order valence-electron chi connectivity index (χ0n) is 16.1. The normalized spacial score (nSPS) is 13.5. The highest BCUT2D eigenvalue weighted by Crippen LogP contribution is 2.40. The average molecular weight is 338 g/mol. The van der Waals surface area contributed by atoms with Crippen LogP contribution in [0.2, 0.25) is 0 Å². The molecule has 0 spiro atoms. The van der Waals surface area contributed by atoms with E-state index in [0.717, 1.165) is 0 Å². The van der Waals surface area contributed by atoms with E-state index in [2.05, 4.69) is 113 Å². The van der Waals surface area contributed by atoms with Gasteiger partial charge in [-0.3, -0.25) is 0 Å². The average Bonchev–Trinajstić information content (AvgIpc) is 2.69. The van der Waals surface area contributed by atoms with Crippen LogP contribution >= 0.6 is 0 Å². The Morgan fingerprint density at radius 1 is 0.538 bits per heavy atom. The summed E-state index contributed by atoms with van der Waals surface area (Å²) in [6.07, 6.45) is 13.0. The lowest BCUT2D eigenvalue weighted by molar-refractivity contribution is 1.62. The van der Waals surface area contributed by atoms with Gasteiger partial charge in [-0.2, -0.15) is 0 Å². The first-order chi connectivity index (χ1) is 12.8. The van der Waals surface area contributed by atoms with Gasteiger partial charge >= 0.3 is 0 Å². The van der Waals surface area contributed by atoms with Gasteiger partial charge in [-0.1, -0.05) is 85.0 Å². The summed E-state index contributed by atoms with van der Waals surface area (Å²) in [5.74, 6) is 0. The fraction of sp³-hybridized carbons (Fsp3) is 0.154. The van der Waals surface area contributed by atoms with E-state index >= 15 is 0 Å². The summed E-state index contributed by atoms with van der Waals surface area (Å²) in [6, 6.07) is 17.5. The van der Waals surface area contributed by atoms with Crippen LogP contribution in [-0.2, 0) is 0 Å². The van der Waals surface area contributed by atoms with Gasteiger partial charge in [0.25, 0.3) is 0 Å². The molecule has 3 aromatic carbocycles. The van der Waals surface area contributed by atoms with Gasteiger partial charge in [-0.15, -0.1) is 0 Å². The third-order valence-corrected chi connectivity index (χ3v) is 4.82. The molecule has 0 fully saturated rings. The van der Waals surface area contributed by atoms with E-state index in [0.29, 0.717) is 0 Å². The first-order valence-corrected chi connectivity index (χ1v) is 9.29. The van der Waals surface area contributed by atoms with Crippen LogP contribution in [0, 0.1) is 0 Å². The van der Waals surface area contributed by atoms with Gasteiger partial charge in [0, 0.05) is 0 Å². The SMILES string of the molecule is C/C=C\C(=C/C)c1c2ccccc2c(C(/C=C\C)=C/C)c2ccccc12. The van der Waals surface area contributed by atoms with Crippen LogP contribution in [0.1, 0.15) is 38.8 Å². The molecule has 0 bridgehead atoms. The molecule has 26 heavy (non-hydrogen) atoms. The van der Waals surface area contributed by atoms with Crippen molar-refractivity contribution in [2.24, 2.45) is 0 Å². The molecule has 0 unspecified atom stereocenters. The van der Waals surface area contributed by atoms with E-state index in [-0.39, 0.29) is 0 Å². The Balaban J connectivity index is 2.60. The molecule has 0 saturated carbocycles. The Kier molecular flexibility index (Phi) is 5.53. The second-order valence-electron chi connectivity index (χ2n) is 6.33. The molecule has 0 aliphatic heterocycles. The van der Waals surface area contributed by atoms with Crippen LogP contribution in [0.3, 0.4) is 0 Å². The van der Waals surface area contributed by atoms with Gasteiger partial charge < -0.3 is 0 Å². The fourth-order valence-electron chi connectivity index (χ4n) is 3.76. The van der Waals surface area contributed by atoms with Crippen LogP contribution in [0.5, 0.6) is 0 Å². The van der Waals surface area contributed by atoms with Crippen molar-refractivity contribution < 1.29 is 0 Å². The number of rotatable bonds is 4. The molecule has 0 N–H and O–H groups in total. The highest BCUT2D eigenvalue weighted by Gasteiger charge is 2.16. The van der Waals surface area contributed by atoms with E-state index in [1.54, 1.807) is 0 Å². The number of benzene rings is 3. The molecule has 0 aliphatic carbocycles. The van der Waals surface area contributed by atoms with E-state index in [1.165, 1.54) is 43.8 Å². The monoisotopic (exact) mass is 338 g/mol. The Morgan fingerprint density at radius 3 is 1.08 bits per heavy atom. The molecule has 0 atom stereocenters. The van der Waals surface area contributed by atoms with Gasteiger partial charge in [-0.05, 0) is 71.5 Å². The summed E-state index contributed by atoms with van der Waals surface area (Å²) >= 11 is 0. The standard InChI is InChI=1S/C26H26/c1-5-13-19(7-3)25-21-15-9-11-17-23(21)26(20(8-4)14-6-2)24-18-12-10-16-22(24)25/h5-18H,1-4H3/b13-5-,14-6-,19-7+,20-8+. The van der Waals surface area contributed by atoms with E-state index in [4.69, 9.17) is 0 Å². The third kappa shape index (κ3) is 3.04. The van der Waals surface area contributed by atoms with E-state index in [1.807, 2.05) is 0 Å². The maximum atomic E-state index is 2.25. The molecular weight excluding hydrogens is 312 g/mol. The second kappa shape index (κ2) is 8.01. The molecule has 130 valence electrons. The van der Waals surface area contributed by atoms with Crippen molar-refractivity contribution in [3.8, 4) is 0 Å². The summed E-state index contributed by atoms with van der Waals surface area (Å²) in [7, 11) is 0. The summed E-state index contributed by atoms with van der Waals surface area (Å²) < 4.78 is 0. The number of fused-ring (bicyclic) bond motifs is 2. The molecule has 0 nitrogen and oxygen atoms in total. The van der Waals surface area contributed by atoms with Gasteiger partial charge in [-0.25, -0.2) is 0 Å². The second-order valence-corrected chi connectivity index (χ2v) is 6.33. The topological polar surface area (TPSA) is 0 Å². The Morgan fingerprint density at radius 2 is 0.846 bits per heavy atom. The highest BCUT2D eigenvalue weighted by atomic mass is 14.2. The summed E-state index contributed by atoms with van der Waals surface area (Å²) in [6.45, 7) is 8.38. The van der Waals surface area contributed by atoms with Crippen molar-refractivity contribution in [3.05, 3.63) is 96.1 Å². The summed E-state index contributed by atoms with van der Waals surface area (Å²) in [5.41, 5.74) is 5.16. The highest BCUT2D eigenvalue weighted by molar-refractivity contribution is 6.17. The van der Waals surface area contributed by atoms with Crippen molar-refractivity contribution >= 4 is 32.7 Å². The Hall–Kier alpha value is -2.86. The zero-order chi connectivity index (χ0) is 18.5. The molecule has 3 aromatic rings. The van der Waals surface area contributed by atoms with Crippen molar-refractivity contribution in [1.82, 2.24) is 0 Å². The predicted octanol–water partition coefficient (Wildman–Crippen LogP) is 7.95. The summed E-state index contributed by atoms with van der Waals surface area (Å²) in [5, 5.41) is 5.21. The van der Waals surface area contributed by atoms with Gasteiger partial charge in [0.1, 0.15) is 0 Å². The van der Waals surface area contributed by atoms with Gasteiger partial charge in [0.05, 0.1) is 0 Å². The lowest BCUT2D eigenvalue weighted by Gasteiger charge is -2.18. The van der Waals surface area contributed by atoms with Crippen molar-refractivity contribution in [2.75, 3.05) is 0 Å². The van der Waals surface area contributed by atoms with E-state index in [9.17, 15) is 0 Å². The first-order valence-electron chi connectivity index (χ1n) is 9.29. The minimum Gasteiger partial charge on any atom is -0.0871 e. The zero-order valence-corrected chi connectivity index (χ0v) is 16.1. The molecule has 0 heterocycles. The molecule has 0 aliphatic rings. The lowest BCUT2D eigenvalue weighted by Crippen LogP contribution is -1.94. The number of allylic oxidation sites excluding steroid dienone is 8. The summed E-state index contributed by atoms with van der Waals surface area (Å²) in [4.78, 5) is 0. The molecule has 0 amide bonds. The van der Waals surface area contributed by atoms with Crippen LogP contribution in [-0.4, -0.2) is 0 Å². The molecule has 0 radical (unpaired) electrons. The van der Waals surface area contributed by atoms with Crippen molar-refractivity contribution in [3.63, 3.8) is 0 Å². The molecule has 0 heteroatoms. The third-order valence-electron chi connectivity index (χ3n) is 4.82. The Labute approximate surface area is 156 Å². The van der Waals surface area contributed by atoms with Crippen LogP contribution in [0.4, 0.5) is 0 Å². The van der Waals surface area contributed by atoms with Crippen LogP contribution in [0.25, 0.3) is 32.7 Å². The minimum atomic E-state index is 1.26. The predicted molar refractivity (Wildman–Crippen MR) is 118 cm³/mol. The van der Waals surface area contributed by atoms with Crippen molar-refractivity contribution in [1.29, 1.82) is 0 Å². The molecule has 0 aromatic heterocycles. The first kappa shape index (κ1) is 17.9. The number of hydrogen-bond donors (Lipinski definition) is 0. The quantitative estimate of drug-likeness (QED) is 0.334. The van der Waals surface area contributed by atoms with E-state index < -0.39 is 0 Å². The number of hydrogen-bond acceptors (Lipinski definition) is 0. The largest absolute Gasteiger partial charge is 0.0871 e. The maximum absolute atomic E-state index is 2.25. The lowest BCUT2D eigenvalue weighted by atomic mass is 9.85. The fourth-order valence-corrected chi connectivity index (χ4v) is 3.76. The van der Waals surface area contributed by atoms with Gasteiger partial charge in [0.15, 0.2) is 0 Å². The van der Waals surface area contributed by atoms with Gasteiger partial charge in [0.2, 0.25) is 0 Å². The molecular formula is C26H26.